The number of nitrogens with two attached hydrogens (primary N) is 1. The monoisotopic (exact) mass is 276 g/mol. The van der Waals surface area contributed by atoms with Crippen molar-refractivity contribution in [3.8, 4) is 0 Å². The molecule has 3 N–H and O–H groups in total. The van der Waals surface area contributed by atoms with Crippen LogP contribution in [0.1, 0.15) is 17.7 Å². The number of hydrogen-bond acceptors (Lipinski definition) is 4. The van der Waals surface area contributed by atoms with Gasteiger partial charge in [0.25, 0.3) is 0 Å². The Morgan fingerprint density at radius 2 is 2.11 bits per heavy atom. The summed E-state index contributed by atoms with van der Waals surface area (Å²) in [5.74, 6) is 0.0564. The molecule has 0 unspecified atom stereocenters. The van der Waals surface area contributed by atoms with Gasteiger partial charge in [0.2, 0.25) is 0 Å². The molecule has 0 fully saturated rings. The van der Waals surface area contributed by atoms with Crippen LogP contribution in [0.3, 0.4) is 0 Å². The maximum Gasteiger partial charge on any atom is 0.390 e. The van der Waals surface area contributed by atoms with Crippen LogP contribution in [0.5, 0.6) is 0 Å². The van der Waals surface area contributed by atoms with Gasteiger partial charge in [0, 0.05) is 19.3 Å². The summed E-state index contributed by atoms with van der Waals surface area (Å²) in [6, 6.07) is 3.19. The Morgan fingerprint density at radius 1 is 1.47 bits per heavy atom. The van der Waals surface area contributed by atoms with Crippen molar-refractivity contribution in [2.24, 2.45) is 10.9 Å². The highest BCUT2D eigenvalue weighted by Crippen LogP contribution is 2.23. The van der Waals surface area contributed by atoms with Crippen LogP contribution in [-0.2, 0) is 0 Å². The zero-order valence-electron chi connectivity index (χ0n) is 10.6. The topological polar surface area (TPSA) is 74.7 Å². The van der Waals surface area contributed by atoms with E-state index in [0.717, 1.165) is 0 Å². The van der Waals surface area contributed by atoms with Gasteiger partial charge < -0.3 is 15.8 Å². The standard InChI is InChI=1S/C11H15F3N4O/c1-7-3-4-8(9(15)17-19)10(16-7)18(2)6-5-11(12,13)14/h3-4,19H,5-6H2,1-2H3,(H2,15,17). The lowest BCUT2D eigenvalue weighted by molar-refractivity contribution is -0.132. The Kier molecular flexibility index (Phi) is 4.57. The Bertz CT molecular complexity index is 473. The van der Waals surface area contributed by atoms with Crippen molar-refractivity contribution in [2.75, 3.05) is 18.5 Å². The first-order valence-electron chi connectivity index (χ1n) is 5.48. The lowest BCUT2D eigenvalue weighted by Crippen LogP contribution is -2.28. The van der Waals surface area contributed by atoms with Crippen molar-refractivity contribution in [1.29, 1.82) is 0 Å². The van der Waals surface area contributed by atoms with E-state index in [-0.39, 0.29) is 23.8 Å². The van der Waals surface area contributed by atoms with Crippen molar-refractivity contribution >= 4 is 11.7 Å². The minimum absolute atomic E-state index is 0.193. The van der Waals surface area contributed by atoms with Gasteiger partial charge in [0.05, 0.1) is 12.0 Å². The van der Waals surface area contributed by atoms with Crippen LogP contribution < -0.4 is 10.6 Å². The molecule has 0 aromatic carbocycles. The number of nitrogens with zero attached hydrogens (tertiary/aromatic N) is 3. The Hall–Kier alpha value is -1.99. The molecule has 1 aromatic rings. The van der Waals surface area contributed by atoms with Gasteiger partial charge in [0.15, 0.2) is 5.84 Å². The molecule has 5 nitrogen and oxygen atoms in total. The fourth-order valence-electron chi connectivity index (χ4n) is 1.49. The summed E-state index contributed by atoms with van der Waals surface area (Å²) in [6.07, 6.45) is -5.20. The second-order valence-corrected chi connectivity index (χ2v) is 4.10. The number of pyridine rings is 1. The molecule has 19 heavy (non-hydrogen) atoms. The summed E-state index contributed by atoms with van der Waals surface area (Å²) in [4.78, 5) is 5.46. The molecule has 0 radical (unpaired) electrons. The van der Waals surface area contributed by atoms with E-state index in [4.69, 9.17) is 10.9 Å². The minimum Gasteiger partial charge on any atom is -0.409 e. The van der Waals surface area contributed by atoms with Gasteiger partial charge >= 0.3 is 6.18 Å². The largest absolute Gasteiger partial charge is 0.409 e. The third-order valence-electron chi connectivity index (χ3n) is 2.49. The molecule has 0 aliphatic heterocycles. The molecule has 0 aliphatic carbocycles. The summed E-state index contributed by atoms with van der Waals surface area (Å²) in [7, 11) is 1.47. The predicted octanol–water partition coefficient (Wildman–Crippen LogP) is 1.87. The number of rotatable bonds is 4. The molecule has 1 heterocycles. The van der Waals surface area contributed by atoms with Crippen LogP contribution in [0.25, 0.3) is 0 Å². The van der Waals surface area contributed by atoms with Crippen LogP contribution in [0.2, 0.25) is 0 Å². The molecule has 0 saturated carbocycles. The molecule has 0 aliphatic rings. The maximum atomic E-state index is 12.2. The number of oxime groups is 1. The molecule has 1 rings (SSSR count). The average molecular weight is 276 g/mol. The molecule has 106 valence electrons. The van der Waals surface area contributed by atoms with Gasteiger partial charge in [-0.15, -0.1) is 0 Å². The van der Waals surface area contributed by atoms with E-state index < -0.39 is 12.6 Å². The molecular weight excluding hydrogens is 261 g/mol. The van der Waals surface area contributed by atoms with Gasteiger partial charge in [-0.2, -0.15) is 13.2 Å². The van der Waals surface area contributed by atoms with E-state index in [1.54, 1.807) is 19.1 Å². The zero-order chi connectivity index (χ0) is 14.6. The van der Waals surface area contributed by atoms with Crippen molar-refractivity contribution in [3.63, 3.8) is 0 Å². The highest BCUT2D eigenvalue weighted by atomic mass is 19.4. The van der Waals surface area contributed by atoms with Gasteiger partial charge in [-0.1, -0.05) is 5.16 Å². The van der Waals surface area contributed by atoms with Gasteiger partial charge in [-0.3, -0.25) is 0 Å². The first kappa shape index (κ1) is 15.1. The third-order valence-corrected chi connectivity index (χ3v) is 2.49. The molecule has 0 spiro atoms. The van der Waals surface area contributed by atoms with Crippen molar-refractivity contribution < 1.29 is 18.4 Å². The number of halogens is 3. The van der Waals surface area contributed by atoms with Gasteiger partial charge in [-0.05, 0) is 19.1 Å². The molecule has 0 saturated heterocycles. The molecule has 8 heteroatoms. The van der Waals surface area contributed by atoms with E-state index >= 15 is 0 Å². The van der Waals surface area contributed by atoms with Crippen LogP contribution in [0, 0.1) is 6.92 Å². The van der Waals surface area contributed by atoms with Gasteiger partial charge in [-0.25, -0.2) is 4.98 Å². The number of hydrogen-bond donors (Lipinski definition) is 2. The van der Waals surface area contributed by atoms with Gasteiger partial charge in [0.1, 0.15) is 5.82 Å². The summed E-state index contributed by atoms with van der Waals surface area (Å²) in [5.41, 5.74) is 6.39. The second-order valence-electron chi connectivity index (χ2n) is 4.10. The van der Waals surface area contributed by atoms with Crippen LogP contribution in [0.4, 0.5) is 19.0 Å². The summed E-state index contributed by atoms with van der Waals surface area (Å²) < 4.78 is 36.6. The predicted molar refractivity (Wildman–Crippen MR) is 65.4 cm³/mol. The van der Waals surface area contributed by atoms with E-state index in [0.29, 0.717) is 5.69 Å². The number of anilines is 1. The number of aryl methyl sites for hydroxylation is 1. The van der Waals surface area contributed by atoms with E-state index in [9.17, 15) is 13.2 Å². The number of alkyl halides is 3. The van der Waals surface area contributed by atoms with Crippen LogP contribution in [-0.4, -0.2) is 35.8 Å². The van der Waals surface area contributed by atoms with E-state index in [1.807, 2.05) is 0 Å². The first-order valence-corrected chi connectivity index (χ1v) is 5.48. The maximum absolute atomic E-state index is 12.2. The molecule has 0 atom stereocenters. The molecule has 0 bridgehead atoms. The SMILES string of the molecule is Cc1ccc(C(N)=NO)c(N(C)CCC(F)(F)F)n1. The zero-order valence-corrected chi connectivity index (χ0v) is 10.6. The lowest BCUT2D eigenvalue weighted by atomic mass is 10.2. The van der Waals surface area contributed by atoms with E-state index in [2.05, 4.69) is 10.1 Å². The summed E-state index contributed by atoms with van der Waals surface area (Å²) in [5, 5.41) is 11.5. The lowest BCUT2D eigenvalue weighted by Gasteiger charge is -2.21. The highest BCUT2D eigenvalue weighted by Gasteiger charge is 2.28. The second kappa shape index (κ2) is 5.77. The minimum atomic E-state index is -4.24. The summed E-state index contributed by atoms with van der Waals surface area (Å²) in [6.45, 7) is 1.45. The molecule has 1 aromatic heterocycles. The van der Waals surface area contributed by atoms with Crippen molar-refractivity contribution in [1.82, 2.24) is 4.98 Å². The Morgan fingerprint density at radius 3 is 2.63 bits per heavy atom. The number of aromatic nitrogens is 1. The van der Waals surface area contributed by atoms with Crippen LogP contribution in [0.15, 0.2) is 17.3 Å². The average Bonchev–Trinajstić information content (AvgIpc) is 2.34. The van der Waals surface area contributed by atoms with E-state index in [1.165, 1.54) is 11.9 Å². The number of amidine groups is 1. The smallest absolute Gasteiger partial charge is 0.390 e. The molecule has 0 amide bonds. The third kappa shape index (κ3) is 4.31. The normalized spacial score (nSPS) is 12.6. The summed E-state index contributed by atoms with van der Waals surface area (Å²) >= 11 is 0. The fraction of sp³-hybridized carbons (Fsp3) is 0.455. The highest BCUT2D eigenvalue weighted by molar-refractivity contribution is 6.01. The van der Waals surface area contributed by atoms with Crippen molar-refractivity contribution in [2.45, 2.75) is 19.5 Å². The first-order chi connectivity index (χ1) is 8.74. The van der Waals surface area contributed by atoms with Crippen LogP contribution >= 0.6 is 0 Å². The molecular formula is C11H15F3N4O. The Labute approximate surface area is 108 Å². The fourth-order valence-corrected chi connectivity index (χ4v) is 1.49. The quantitative estimate of drug-likeness (QED) is 0.381. The van der Waals surface area contributed by atoms with Crippen molar-refractivity contribution in [3.05, 3.63) is 23.4 Å². The Balaban J connectivity index is 3.00.